The number of rotatable bonds is 7. The van der Waals surface area contributed by atoms with E-state index in [1.165, 1.54) is 37.4 Å². The Kier molecular flexibility index (Phi) is 5.74. The van der Waals surface area contributed by atoms with Gasteiger partial charge in [-0.15, -0.1) is 10.2 Å². The van der Waals surface area contributed by atoms with Crippen molar-refractivity contribution in [2.75, 3.05) is 5.75 Å². The quantitative estimate of drug-likeness (QED) is 0.678. The van der Waals surface area contributed by atoms with Crippen molar-refractivity contribution >= 4 is 29.3 Å². The molecule has 1 aromatic carbocycles. The number of carbonyl (C=O) groups excluding carboxylic acids is 1. The van der Waals surface area contributed by atoms with Gasteiger partial charge in [0, 0.05) is 17.6 Å². The normalized spacial score (nSPS) is 18.6. The van der Waals surface area contributed by atoms with Crippen molar-refractivity contribution in [3.8, 4) is 11.4 Å². The topological polar surface area (TPSA) is 59.8 Å². The molecule has 27 heavy (non-hydrogen) atoms. The lowest BCUT2D eigenvalue weighted by molar-refractivity contribution is -0.119. The largest absolute Gasteiger partial charge is 0.353 e. The summed E-state index contributed by atoms with van der Waals surface area (Å²) >= 11 is 7.89. The maximum atomic E-state index is 12.3. The Morgan fingerprint density at radius 1 is 1.26 bits per heavy atom. The molecule has 0 aliphatic heterocycles. The second-order valence-electron chi connectivity index (χ2n) is 7.58. The SMILES string of the molecule is CC(NC(=O)CSc1nnc(-c2ccccc2Cl)n1C1CCCC1)C1CC1. The molecule has 2 aromatic rings. The summed E-state index contributed by atoms with van der Waals surface area (Å²) in [5, 5.41) is 13.5. The minimum Gasteiger partial charge on any atom is -0.353 e. The van der Waals surface area contributed by atoms with E-state index in [0.717, 1.165) is 29.4 Å². The Labute approximate surface area is 169 Å². The van der Waals surface area contributed by atoms with Gasteiger partial charge in [0.2, 0.25) is 5.91 Å². The van der Waals surface area contributed by atoms with E-state index in [1.54, 1.807) is 0 Å². The summed E-state index contributed by atoms with van der Waals surface area (Å²) in [6.07, 6.45) is 7.13. The third kappa shape index (κ3) is 4.32. The molecule has 2 saturated carbocycles. The third-order valence-electron chi connectivity index (χ3n) is 5.52. The lowest BCUT2D eigenvalue weighted by atomic mass is 10.2. The highest BCUT2D eigenvalue weighted by Crippen LogP contribution is 2.38. The van der Waals surface area contributed by atoms with Gasteiger partial charge in [-0.25, -0.2) is 0 Å². The summed E-state index contributed by atoms with van der Waals surface area (Å²) in [6, 6.07) is 8.39. The minimum atomic E-state index is 0.0691. The first kappa shape index (κ1) is 18.8. The summed E-state index contributed by atoms with van der Waals surface area (Å²) in [5.41, 5.74) is 0.900. The maximum absolute atomic E-state index is 12.3. The fourth-order valence-corrected chi connectivity index (χ4v) is 4.87. The lowest BCUT2D eigenvalue weighted by Gasteiger charge is -2.17. The average molecular weight is 405 g/mol. The molecule has 1 heterocycles. The fraction of sp³-hybridized carbons (Fsp3) is 0.550. The van der Waals surface area contributed by atoms with Gasteiger partial charge in [0.25, 0.3) is 0 Å². The van der Waals surface area contributed by atoms with E-state index >= 15 is 0 Å². The molecule has 2 aliphatic carbocycles. The number of benzene rings is 1. The van der Waals surface area contributed by atoms with Gasteiger partial charge < -0.3 is 5.32 Å². The smallest absolute Gasteiger partial charge is 0.230 e. The van der Waals surface area contributed by atoms with Crippen LogP contribution in [-0.4, -0.2) is 32.5 Å². The number of halogens is 1. The monoisotopic (exact) mass is 404 g/mol. The number of carbonyl (C=O) groups is 1. The van der Waals surface area contributed by atoms with Crippen LogP contribution >= 0.6 is 23.4 Å². The summed E-state index contributed by atoms with van der Waals surface area (Å²) < 4.78 is 2.20. The molecule has 0 spiro atoms. The van der Waals surface area contributed by atoms with E-state index in [9.17, 15) is 4.79 Å². The highest BCUT2D eigenvalue weighted by molar-refractivity contribution is 7.99. The van der Waals surface area contributed by atoms with Gasteiger partial charge in [0.1, 0.15) is 0 Å². The summed E-state index contributed by atoms with van der Waals surface area (Å²) in [4.78, 5) is 12.3. The Bertz CT molecular complexity index is 814. The molecule has 4 rings (SSSR count). The fourth-order valence-electron chi connectivity index (χ4n) is 3.83. The Hall–Kier alpha value is -1.53. The van der Waals surface area contributed by atoms with Gasteiger partial charge in [0.05, 0.1) is 10.8 Å². The van der Waals surface area contributed by atoms with Crippen LogP contribution < -0.4 is 5.32 Å². The van der Waals surface area contributed by atoms with Crippen molar-refractivity contribution in [1.29, 1.82) is 0 Å². The van der Waals surface area contributed by atoms with Crippen LogP contribution in [0.25, 0.3) is 11.4 Å². The zero-order valence-corrected chi connectivity index (χ0v) is 17.1. The Morgan fingerprint density at radius 3 is 2.70 bits per heavy atom. The summed E-state index contributed by atoms with van der Waals surface area (Å²) in [6.45, 7) is 2.09. The number of hydrogen-bond donors (Lipinski definition) is 1. The molecule has 1 unspecified atom stereocenters. The zero-order chi connectivity index (χ0) is 18.8. The number of amides is 1. The van der Waals surface area contributed by atoms with Crippen molar-refractivity contribution in [1.82, 2.24) is 20.1 Å². The van der Waals surface area contributed by atoms with Crippen molar-refractivity contribution in [2.24, 2.45) is 5.92 Å². The molecule has 1 aromatic heterocycles. The second kappa shape index (κ2) is 8.23. The number of nitrogens with zero attached hydrogens (tertiary/aromatic N) is 3. The predicted molar refractivity (Wildman–Crippen MR) is 109 cm³/mol. The molecule has 1 amide bonds. The molecule has 2 aliphatic rings. The number of hydrogen-bond acceptors (Lipinski definition) is 4. The van der Waals surface area contributed by atoms with Crippen molar-refractivity contribution in [3.05, 3.63) is 29.3 Å². The van der Waals surface area contributed by atoms with Gasteiger partial charge in [0.15, 0.2) is 11.0 Å². The van der Waals surface area contributed by atoms with Gasteiger partial charge in [-0.1, -0.05) is 48.3 Å². The number of thioether (sulfide) groups is 1. The molecule has 5 nitrogen and oxygen atoms in total. The predicted octanol–water partition coefficient (Wildman–Crippen LogP) is 4.72. The average Bonchev–Trinajstić information content (AvgIpc) is 3.22. The summed E-state index contributed by atoms with van der Waals surface area (Å²) in [5.74, 6) is 1.90. The highest BCUT2D eigenvalue weighted by Gasteiger charge is 2.29. The van der Waals surface area contributed by atoms with Crippen LogP contribution in [0.15, 0.2) is 29.4 Å². The van der Waals surface area contributed by atoms with Crippen molar-refractivity contribution < 1.29 is 4.79 Å². The molecule has 2 fully saturated rings. The van der Waals surface area contributed by atoms with Crippen molar-refractivity contribution in [3.63, 3.8) is 0 Å². The van der Waals surface area contributed by atoms with Crippen LogP contribution in [-0.2, 0) is 4.79 Å². The van der Waals surface area contributed by atoms with Gasteiger partial charge in [-0.2, -0.15) is 0 Å². The molecule has 1 N–H and O–H groups in total. The van der Waals surface area contributed by atoms with Gasteiger partial charge in [-0.3, -0.25) is 9.36 Å². The molecular weight excluding hydrogens is 380 g/mol. The highest BCUT2D eigenvalue weighted by atomic mass is 35.5. The van der Waals surface area contributed by atoms with E-state index in [4.69, 9.17) is 11.6 Å². The standard InChI is InChI=1S/C20H25ClN4OS/c1-13(14-10-11-14)22-18(26)12-27-20-24-23-19(16-8-4-5-9-17(16)21)25(20)15-6-2-3-7-15/h4-5,8-9,13-15H,2-3,6-7,10-12H2,1H3,(H,22,26). The maximum Gasteiger partial charge on any atom is 0.230 e. The third-order valence-corrected chi connectivity index (χ3v) is 6.79. The Morgan fingerprint density at radius 2 is 2.00 bits per heavy atom. The van der Waals surface area contributed by atoms with E-state index in [1.807, 2.05) is 24.3 Å². The molecule has 0 saturated heterocycles. The second-order valence-corrected chi connectivity index (χ2v) is 8.93. The molecule has 144 valence electrons. The van der Waals surface area contributed by atoms with Crippen molar-refractivity contribution in [2.45, 2.75) is 62.7 Å². The van der Waals surface area contributed by atoms with Crippen LogP contribution in [0.3, 0.4) is 0 Å². The van der Waals surface area contributed by atoms with Crippen LogP contribution in [0.2, 0.25) is 5.02 Å². The molecule has 7 heteroatoms. The van der Waals surface area contributed by atoms with E-state index in [2.05, 4.69) is 27.0 Å². The molecule has 0 bridgehead atoms. The molecular formula is C20H25ClN4OS. The first-order valence-corrected chi connectivity index (χ1v) is 11.1. The Balaban J connectivity index is 1.53. The number of aromatic nitrogens is 3. The first-order chi connectivity index (χ1) is 13.1. The minimum absolute atomic E-state index is 0.0691. The molecule has 1 atom stereocenters. The number of nitrogens with one attached hydrogen (secondary N) is 1. The van der Waals surface area contributed by atoms with Crippen LogP contribution in [0.4, 0.5) is 0 Å². The lowest BCUT2D eigenvalue weighted by Crippen LogP contribution is -2.35. The first-order valence-electron chi connectivity index (χ1n) is 9.75. The van der Waals surface area contributed by atoms with E-state index < -0.39 is 0 Å². The molecule has 0 radical (unpaired) electrons. The van der Waals surface area contributed by atoms with Gasteiger partial charge >= 0.3 is 0 Å². The van der Waals surface area contributed by atoms with E-state index in [0.29, 0.717) is 22.7 Å². The van der Waals surface area contributed by atoms with Crippen LogP contribution in [0, 0.1) is 5.92 Å². The zero-order valence-electron chi connectivity index (χ0n) is 15.5. The van der Waals surface area contributed by atoms with Gasteiger partial charge in [-0.05, 0) is 50.7 Å². The van der Waals surface area contributed by atoms with Crippen LogP contribution in [0.5, 0.6) is 0 Å². The van der Waals surface area contributed by atoms with E-state index in [-0.39, 0.29) is 11.9 Å². The van der Waals surface area contributed by atoms with Crippen LogP contribution in [0.1, 0.15) is 51.5 Å². The summed E-state index contributed by atoms with van der Waals surface area (Å²) in [7, 11) is 0.